The van der Waals surface area contributed by atoms with Crippen LogP contribution in [0.5, 0.6) is 11.5 Å². The quantitative estimate of drug-likeness (QED) is 0.297. The number of ether oxygens (including phenoxy) is 1. The second-order valence-corrected chi connectivity index (χ2v) is 6.96. The van der Waals surface area contributed by atoms with Crippen molar-refractivity contribution < 1.29 is 31.9 Å². The fourth-order valence-corrected chi connectivity index (χ4v) is 2.68. The van der Waals surface area contributed by atoms with Crippen molar-refractivity contribution in [1.29, 1.82) is 0 Å². The summed E-state index contributed by atoms with van der Waals surface area (Å²) in [7, 11) is 3.75. The van der Waals surface area contributed by atoms with Crippen molar-refractivity contribution in [2.45, 2.75) is 6.18 Å². The number of rotatable bonds is 5. The van der Waals surface area contributed by atoms with Gasteiger partial charge in [-0.25, -0.2) is 9.18 Å². The largest absolute Gasteiger partial charge is 0.457 e. The summed E-state index contributed by atoms with van der Waals surface area (Å²) in [5.74, 6) is -0.526. The number of urea groups is 1. The first-order chi connectivity index (χ1) is 16.1. The topological polar surface area (TPSA) is 92.4 Å². The Hall–Kier alpha value is -3.70. The molecular weight excluding hydrogens is 480 g/mol. The number of carbonyl (C=O) groups excluding carboxylic acids is 2. The molecule has 0 aliphatic carbocycles. The first kappa shape index (κ1) is 26.6. The number of pyridine rings is 1. The van der Waals surface area contributed by atoms with Crippen LogP contribution in [0.3, 0.4) is 0 Å². The Kier molecular flexibility index (Phi) is 9.34. The second kappa shape index (κ2) is 12.0. The lowest BCUT2D eigenvalue weighted by Gasteiger charge is -2.13. The van der Waals surface area contributed by atoms with Gasteiger partial charge in [-0.15, -0.1) is 0 Å². The van der Waals surface area contributed by atoms with Gasteiger partial charge in [0.2, 0.25) is 0 Å². The highest BCUT2D eigenvalue weighted by atomic mass is 35.5. The summed E-state index contributed by atoms with van der Waals surface area (Å²) >= 11 is 5.53. The number of nitrogens with one attached hydrogen (secondary N) is 3. The first-order valence-corrected chi connectivity index (χ1v) is 9.87. The average Bonchev–Trinajstić information content (AvgIpc) is 2.77. The van der Waals surface area contributed by atoms with Gasteiger partial charge in [-0.3, -0.25) is 9.78 Å². The average molecular weight is 499 g/mol. The molecule has 7 nitrogen and oxygen atoms in total. The normalized spacial score (nSPS) is 10.6. The van der Waals surface area contributed by atoms with Gasteiger partial charge in [0.1, 0.15) is 23.0 Å². The van der Waals surface area contributed by atoms with Gasteiger partial charge in [0.25, 0.3) is 0 Å². The van der Waals surface area contributed by atoms with Crippen LogP contribution in [0.1, 0.15) is 16.1 Å². The SMILES string of the molecule is CNC.O=Cc1cc(Oc2ccc(NC(=O)Nc3ccc(Cl)c(C(F)(F)F)c3)c(F)c2)ccn1. The molecular formula is C22H19ClF4N4O3. The van der Waals surface area contributed by atoms with E-state index in [4.69, 9.17) is 16.3 Å². The molecule has 1 aromatic heterocycles. The van der Waals surface area contributed by atoms with Crippen molar-refractivity contribution in [2.24, 2.45) is 0 Å². The highest BCUT2D eigenvalue weighted by Crippen LogP contribution is 2.36. The lowest BCUT2D eigenvalue weighted by molar-refractivity contribution is -0.137. The van der Waals surface area contributed by atoms with Crippen LogP contribution in [-0.2, 0) is 6.18 Å². The molecule has 0 atom stereocenters. The number of halogens is 5. The number of anilines is 2. The van der Waals surface area contributed by atoms with Gasteiger partial charge in [0, 0.05) is 24.0 Å². The van der Waals surface area contributed by atoms with Crippen LogP contribution in [0.4, 0.5) is 33.7 Å². The predicted molar refractivity (Wildman–Crippen MR) is 120 cm³/mol. The molecule has 0 unspecified atom stereocenters. The third-order valence-corrected chi connectivity index (χ3v) is 4.16. The molecule has 0 aliphatic heterocycles. The van der Waals surface area contributed by atoms with Crippen LogP contribution >= 0.6 is 11.6 Å². The van der Waals surface area contributed by atoms with E-state index >= 15 is 0 Å². The smallest absolute Gasteiger partial charge is 0.417 e. The van der Waals surface area contributed by atoms with Crippen LogP contribution in [0.25, 0.3) is 0 Å². The predicted octanol–water partition coefficient (Wildman–Crippen LogP) is 5.98. The molecule has 3 N–H and O–H groups in total. The Balaban J connectivity index is 0.00000129. The molecule has 2 amide bonds. The van der Waals surface area contributed by atoms with Crippen molar-refractivity contribution in [3.63, 3.8) is 0 Å². The molecule has 180 valence electrons. The third-order valence-electron chi connectivity index (χ3n) is 3.83. The van der Waals surface area contributed by atoms with Crippen LogP contribution in [-0.4, -0.2) is 31.4 Å². The van der Waals surface area contributed by atoms with E-state index in [-0.39, 0.29) is 28.6 Å². The number of nitrogens with zero attached hydrogens (tertiary/aromatic N) is 1. The van der Waals surface area contributed by atoms with E-state index in [2.05, 4.69) is 20.9 Å². The van der Waals surface area contributed by atoms with E-state index in [1.54, 1.807) is 0 Å². The molecule has 2 aromatic carbocycles. The summed E-state index contributed by atoms with van der Waals surface area (Å²) in [6.07, 6.45) is -2.83. The summed E-state index contributed by atoms with van der Waals surface area (Å²) in [6.45, 7) is 0. The highest BCUT2D eigenvalue weighted by molar-refractivity contribution is 6.31. The fraction of sp³-hybridized carbons (Fsp3) is 0.136. The molecule has 34 heavy (non-hydrogen) atoms. The van der Waals surface area contributed by atoms with Gasteiger partial charge in [-0.1, -0.05) is 11.6 Å². The van der Waals surface area contributed by atoms with Gasteiger partial charge < -0.3 is 20.7 Å². The maximum atomic E-state index is 14.3. The summed E-state index contributed by atoms with van der Waals surface area (Å²) in [5, 5.41) is 6.60. The van der Waals surface area contributed by atoms with E-state index in [1.807, 2.05) is 14.1 Å². The van der Waals surface area contributed by atoms with E-state index in [1.165, 1.54) is 36.5 Å². The maximum absolute atomic E-state index is 14.3. The zero-order chi connectivity index (χ0) is 25.3. The van der Waals surface area contributed by atoms with Crippen LogP contribution in [0.2, 0.25) is 5.02 Å². The number of amides is 2. The number of alkyl halides is 3. The third kappa shape index (κ3) is 7.71. The van der Waals surface area contributed by atoms with Crippen molar-refractivity contribution in [3.05, 3.63) is 76.8 Å². The monoisotopic (exact) mass is 498 g/mol. The zero-order valence-corrected chi connectivity index (χ0v) is 18.6. The number of aldehydes is 1. The molecule has 0 bridgehead atoms. The van der Waals surface area contributed by atoms with Crippen molar-refractivity contribution in [3.8, 4) is 11.5 Å². The number of benzene rings is 2. The number of carbonyl (C=O) groups is 2. The Morgan fingerprint density at radius 3 is 2.32 bits per heavy atom. The van der Waals surface area contributed by atoms with Crippen molar-refractivity contribution in [2.75, 3.05) is 24.7 Å². The zero-order valence-electron chi connectivity index (χ0n) is 17.8. The van der Waals surface area contributed by atoms with Crippen LogP contribution in [0, 0.1) is 5.82 Å². The lowest BCUT2D eigenvalue weighted by atomic mass is 10.2. The fourth-order valence-electron chi connectivity index (χ4n) is 2.46. The number of hydrogen-bond acceptors (Lipinski definition) is 5. The Morgan fingerprint density at radius 1 is 1.03 bits per heavy atom. The Bertz CT molecular complexity index is 1160. The minimum atomic E-state index is -4.70. The van der Waals surface area contributed by atoms with Gasteiger partial charge in [0.15, 0.2) is 6.29 Å². The van der Waals surface area contributed by atoms with Crippen LogP contribution in [0.15, 0.2) is 54.7 Å². The highest BCUT2D eigenvalue weighted by Gasteiger charge is 2.33. The molecule has 12 heteroatoms. The Labute approximate surface area is 197 Å². The summed E-state index contributed by atoms with van der Waals surface area (Å²) in [6, 6.07) is 8.22. The number of hydrogen-bond donors (Lipinski definition) is 3. The van der Waals surface area contributed by atoms with E-state index in [0.717, 1.165) is 12.1 Å². The molecule has 0 radical (unpaired) electrons. The lowest BCUT2D eigenvalue weighted by Crippen LogP contribution is -2.20. The van der Waals surface area contributed by atoms with E-state index in [0.29, 0.717) is 12.4 Å². The summed E-state index contributed by atoms with van der Waals surface area (Å²) in [5.41, 5.74) is -1.41. The molecule has 0 aliphatic rings. The second-order valence-electron chi connectivity index (χ2n) is 6.55. The van der Waals surface area contributed by atoms with Gasteiger partial charge in [-0.05, 0) is 50.5 Å². The maximum Gasteiger partial charge on any atom is 0.417 e. The molecule has 0 spiro atoms. The molecule has 0 saturated carbocycles. The van der Waals surface area contributed by atoms with Gasteiger partial charge in [-0.2, -0.15) is 13.2 Å². The van der Waals surface area contributed by atoms with Crippen LogP contribution < -0.4 is 20.7 Å². The van der Waals surface area contributed by atoms with Crippen molar-refractivity contribution >= 4 is 35.3 Å². The minimum absolute atomic E-state index is 0.0824. The molecule has 1 heterocycles. The van der Waals surface area contributed by atoms with E-state index < -0.39 is 28.6 Å². The molecule has 3 rings (SSSR count). The molecule has 0 saturated heterocycles. The molecule has 3 aromatic rings. The van der Waals surface area contributed by atoms with Crippen molar-refractivity contribution in [1.82, 2.24) is 10.3 Å². The molecule has 0 fully saturated rings. The van der Waals surface area contributed by atoms with Gasteiger partial charge >= 0.3 is 12.2 Å². The number of aromatic nitrogens is 1. The summed E-state index contributed by atoms with van der Waals surface area (Å²) in [4.78, 5) is 26.6. The standard InChI is InChI=1S/C20H12ClF4N3O3.C2H7N/c21-16-3-1-11(8-15(16)20(23,24)25)27-19(30)28-18-4-2-13(9-17(18)22)31-14-5-6-26-12(7-14)10-29;1-3-2/h1-10H,(H2,27,28,30);3H,1-2H3. The first-order valence-electron chi connectivity index (χ1n) is 9.49. The minimum Gasteiger partial charge on any atom is -0.457 e. The van der Waals surface area contributed by atoms with Gasteiger partial charge in [0.05, 0.1) is 16.3 Å². The Morgan fingerprint density at radius 2 is 1.71 bits per heavy atom. The summed E-state index contributed by atoms with van der Waals surface area (Å²) < 4.78 is 58.5. The van der Waals surface area contributed by atoms with E-state index in [9.17, 15) is 27.2 Å².